The Morgan fingerprint density at radius 2 is 2.30 bits per heavy atom. The zero-order valence-corrected chi connectivity index (χ0v) is 14.7. The Morgan fingerprint density at radius 1 is 1.48 bits per heavy atom. The van der Waals surface area contributed by atoms with Gasteiger partial charge in [0.2, 0.25) is 5.91 Å². The van der Waals surface area contributed by atoms with Crippen molar-refractivity contribution in [1.29, 1.82) is 0 Å². The van der Waals surface area contributed by atoms with Gasteiger partial charge in [-0.3, -0.25) is 4.79 Å². The zero-order valence-electron chi connectivity index (χ0n) is 13.9. The number of rotatable bonds is 6. The molecule has 23 heavy (non-hydrogen) atoms. The SMILES string of the molecule is CC(CC(=O)NCC1(c2cccc(Cl)c2)CC1)C1CCCNC1. The van der Waals surface area contributed by atoms with Crippen LogP contribution in [0.25, 0.3) is 0 Å². The smallest absolute Gasteiger partial charge is 0.220 e. The lowest BCUT2D eigenvalue weighted by Crippen LogP contribution is -2.37. The summed E-state index contributed by atoms with van der Waals surface area (Å²) in [5, 5.41) is 7.39. The van der Waals surface area contributed by atoms with Crippen LogP contribution in [0.5, 0.6) is 0 Å². The van der Waals surface area contributed by atoms with E-state index < -0.39 is 0 Å². The van der Waals surface area contributed by atoms with E-state index in [-0.39, 0.29) is 11.3 Å². The first-order valence-electron chi connectivity index (χ1n) is 8.82. The summed E-state index contributed by atoms with van der Waals surface area (Å²) in [6.45, 7) is 5.13. The van der Waals surface area contributed by atoms with E-state index in [0.29, 0.717) is 18.3 Å². The monoisotopic (exact) mass is 334 g/mol. The third-order valence-electron chi connectivity index (χ3n) is 5.56. The summed E-state index contributed by atoms with van der Waals surface area (Å²) in [5.41, 5.74) is 1.38. The lowest BCUT2D eigenvalue weighted by Gasteiger charge is -2.28. The molecule has 3 nitrogen and oxygen atoms in total. The maximum atomic E-state index is 12.3. The molecular formula is C19H27ClN2O. The highest BCUT2D eigenvalue weighted by atomic mass is 35.5. The Hall–Kier alpha value is -1.06. The quantitative estimate of drug-likeness (QED) is 0.835. The Bertz CT molecular complexity index is 550. The number of nitrogens with one attached hydrogen (secondary N) is 2. The highest BCUT2D eigenvalue weighted by molar-refractivity contribution is 6.30. The van der Waals surface area contributed by atoms with Crippen LogP contribution in [0.2, 0.25) is 5.02 Å². The predicted molar refractivity (Wildman–Crippen MR) is 94.7 cm³/mol. The molecule has 1 amide bonds. The molecule has 2 N–H and O–H groups in total. The number of amides is 1. The van der Waals surface area contributed by atoms with Gasteiger partial charge in [-0.25, -0.2) is 0 Å². The summed E-state index contributed by atoms with van der Waals surface area (Å²) in [4.78, 5) is 12.3. The van der Waals surface area contributed by atoms with Gasteiger partial charge in [0.25, 0.3) is 0 Å². The van der Waals surface area contributed by atoms with Crippen molar-refractivity contribution >= 4 is 17.5 Å². The van der Waals surface area contributed by atoms with Crippen LogP contribution in [-0.2, 0) is 10.2 Å². The number of halogens is 1. The fourth-order valence-electron chi connectivity index (χ4n) is 3.70. The van der Waals surface area contributed by atoms with Crippen molar-refractivity contribution in [2.45, 2.75) is 44.4 Å². The standard InChI is InChI=1S/C19H27ClN2O/c1-14(15-4-3-9-21-12-15)10-18(23)22-13-19(7-8-19)16-5-2-6-17(20)11-16/h2,5-6,11,14-15,21H,3-4,7-10,12-13H2,1H3,(H,22,23). The van der Waals surface area contributed by atoms with Gasteiger partial charge in [-0.05, 0) is 68.3 Å². The van der Waals surface area contributed by atoms with Gasteiger partial charge in [-0.15, -0.1) is 0 Å². The highest BCUT2D eigenvalue weighted by Crippen LogP contribution is 2.48. The second kappa shape index (κ2) is 7.23. The molecule has 1 aromatic carbocycles. The minimum Gasteiger partial charge on any atom is -0.355 e. The van der Waals surface area contributed by atoms with E-state index in [1.54, 1.807) is 0 Å². The topological polar surface area (TPSA) is 41.1 Å². The molecule has 2 atom stereocenters. The minimum absolute atomic E-state index is 0.121. The summed E-state index contributed by atoms with van der Waals surface area (Å²) in [7, 11) is 0. The van der Waals surface area contributed by atoms with Gasteiger partial charge in [0, 0.05) is 23.4 Å². The fraction of sp³-hybridized carbons (Fsp3) is 0.632. The van der Waals surface area contributed by atoms with Crippen molar-refractivity contribution in [2.75, 3.05) is 19.6 Å². The average molecular weight is 335 g/mol. The van der Waals surface area contributed by atoms with Crippen molar-refractivity contribution < 1.29 is 4.79 Å². The van der Waals surface area contributed by atoms with Crippen molar-refractivity contribution in [1.82, 2.24) is 10.6 Å². The molecule has 2 fully saturated rings. The Morgan fingerprint density at radius 3 is 2.96 bits per heavy atom. The van der Waals surface area contributed by atoms with Crippen molar-refractivity contribution in [3.8, 4) is 0 Å². The largest absolute Gasteiger partial charge is 0.355 e. The molecule has 4 heteroatoms. The van der Waals surface area contributed by atoms with E-state index in [0.717, 1.165) is 37.5 Å². The van der Waals surface area contributed by atoms with Gasteiger partial charge in [0.1, 0.15) is 0 Å². The normalized spacial score (nSPS) is 24.0. The molecule has 1 aliphatic heterocycles. The molecule has 1 saturated heterocycles. The molecule has 0 bridgehead atoms. The molecule has 3 rings (SSSR count). The van der Waals surface area contributed by atoms with Gasteiger partial charge >= 0.3 is 0 Å². The summed E-state index contributed by atoms with van der Waals surface area (Å²) in [5.74, 6) is 1.28. The van der Waals surface area contributed by atoms with Crippen LogP contribution in [0, 0.1) is 11.8 Å². The predicted octanol–water partition coefficient (Wildman–Crippen LogP) is 3.51. The Balaban J connectivity index is 1.49. The van der Waals surface area contributed by atoms with Gasteiger partial charge in [0.05, 0.1) is 0 Å². The molecule has 0 radical (unpaired) electrons. The van der Waals surface area contributed by atoms with E-state index in [1.165, 1.54) is 18.4 Å². The fourth-order valence-corrected chi connectivity index (χ4v) is 3.89. The minimum atomic E-state index is 0.121. The van der Waals surface area contributed by atoms with Gasteiger partial charge in [0.15, 0.2) is 0 Å². The van der Waals surface area contributed by atoms with E-state index in [4.69, 9.17) is 11.6 Å². The number of benzene rings is 1. The summed E-state index contributed by atoms with van der Waals surface area (Å²) in [6.07, 6.45) is 5.38. The molecule has 1 saturated carbocycles. The zero-order chi connectivity index (χ0) is 16.3. The highest BCUT2D eigenvalue weighted by Gasteiger charge is 2.44. The number of hydrogen-bond donors (Lipinski definition) is 2. The van der Waals surface area contributed by atoms with Crippen LogP contribution in [0.1, 0.15) is 44.6 Å². The van der Waals surface area contributed by atoms with Crippen LogP contribution in [0.4, 0.5) is 0 Å². The first-order valence-corrected chi connectivity index (χ1v) is 9.20. The second-order valence-corrected chi connectivity index (χ2v) is 7.79. The number of hydrogen-bond acceptors (Lipinski definition) is 2. The summed E-state index contributed by atoms with van der Waals surface area (Å²) in [6, 6.07) is 8.07. The molecule has 2 aliphatic rings. The van der Waals surface area contributed by atoms with Crippen LogP contribution < -0.4 is 10.6 Å². The lowest BCUT2D eigenvalue weighted by atomic mass is 9.85. The van der Waals surface area contributed by atoms with Gasteiger partial charge in [-0.1, -0.05) is 30.7 Å². The molecular weight excluding hydrogens is 308 g/mol. The average Bonchev–Trinajstić information content (AvgIpc) is 3.35. The molecule has 1 aromatic rings. The Kier molecular flexibility index (Phi) is 5.27. The van der Waals surface area contributed by atoms with Crippen LogP contribution in [0.3, 0.4) is 0 Å². The number of carbonyl (C=O) groups is 1. The lowest BCUT2D eigenvalue weighted by molar-refractivity contribution is -0.122. The van der Waals surface area contributed by atoms with Crippen molar-refractivity contribution in [2.24, 2.45) is 11.8 Å². The maximum absolute atomic E-state index is 12.3. The maximum Gasteiger partial charge on any atom is 0.220 e. The third-order valence-corrected chi connectivity index (χ3v) is 5.80. The van der Waals surface area contributed by atoms with Gasteiger partial charge < -0.3 is 10.6 Å². The second-order valence-electron chi connectivity index (χ2n) is 7.36. The molecule has 126 valence electrons. The van der Waals surface area contributed by atoms with Crippen molar-refractivity contribution in [3.63, 3.8) is 0 Å². The van der Waals surface area contributed by atoms with Crippen LogP contribution in [-0.4, -0.2) is 25.5 Å². The first kappa shape index (κ1) is 16.8. The molecule has 0 spiro atoms. The first-order chi connectivity index (χ1) is 11.1. The van der Waals surface area contributed by atoms with E-state index in [9.17, 15) is 4.79 Å². The molecule has 0 aromatic heterocycles. The Labute approximate surface area is 144 Å². The van der Waals surface area contributed by atoms with Crippen molar-refractivity contribution in [3.05, 3.63) is 34.9 Å². The number of carbonyl (C=O) groups excluding carboxylic acids is 1. The van der Waals surface area contributed by atoms with Crippen LogP contribution in [0.15, 0.2) is 24.3 Å². The van der Waals surface area contributed by atoms with Gasteiger partial charge in [-0.2, -0.15) is 0 Å². The molecule has 1 heterocycles. The summed E-state index contributed by atoms with van der Waals surface area (Å²) >= 11 is 6.10. The third kappa shape index (κ3) is 4.27. The summed E-state index contributed by atoms with van der Waals surface area (Å²) < 4.78 is 0. The van der Waals surface area contributed by atoms with E-state index in [1.807, 2.05) is 18.2 Å². The van der Waals surface area contributed by atoms with Crippen LogP contribution >= 0.6 is 11.6 Å². The molecule has 2 unspecified atom stereocenters. The van der Waals surface area contributed by atoms with E-state index >= 15 is 0 Å². The molecule has 1 aliphatic carbocycles. The number of piperidine rings is 1. The van der Waals surface area contributed by atoms with E-state index in [2.05, 4.69) is 23.6 Å².